The number of hydrogen-bond donors (Lipinski definition) is 3. The number of urea groups is 1. The van der Waals surface area contributed by atoms with E-state index in [0.29, 0.717) is 23.2 Å². The topological polar surface area (TPSA) is 70.2 Å². The summed E-state index contributed by atoms with van der Waals surface area (Å²) < 4.78 is 0. The van der Waals surface area contributed by atoms with Crippen LogP contribution in [0.15, 0.2) is 18.2 Å². The van der Waals surface area contributed by atoms with Gasteiger partial charge in [-0.05, 0) is 30.5 Å². The van der Waals surface area contributed by atoms with Crippen molar-refractivity contribution in [3.63, 3.8) is 0 Å². The van der Waals surface area contributed by atoms with E-state index in [4.69, 9.17) is 11.6 Å². The van der Waals surface area contributed by atoms with Gasteiger partial charge in [-0.15, -0.1) is 0 Å². The van der Waals surface area contributed by atoms with Gasteiger partial charge in [0.25, 0.3) is 0 Å². The minimum absolute atomic E-state index is 0.162. The summed E-state index contributed by atoms with van der Waals surface area (Å²) in [6.07, 6.45) is 0.209. The highest BCUT2D eigenvalue weighted by molar-refractivity contribution is 6.31. The average molecular weight is 312 g/mol. The maximum absolute atomic E-state index is 11.8. The normalized spacial score (nSPS) is 10.3. The van der Waals surface area contributed by atoms with Gasteiger partial charge in [0, 0.05) is 30.2 Å². The summed E-state index contributed by atoms with van der Waals surface area (Å²) in [5.41, 5.74) is 1.52. The monoisotopic (exact) mass is 311 g/mol. The molecule has 1 aromatic rings. The molecule has 3 amide bonds. The molecule has 0 saturated heterocycles. The molecule has 0 aromatic heterocycles. The Kier molecular flexibility index (Phi) is 7.02. The van der Waals surface area contributed by atoms with Crippen molar-refractivity contribution in [2.75, 3.05) is 18.4 Å². The molecule has 0 aliphatic rings. The van der Waals surface area contributed by atoms with Crippen molar-refractivity contribution in [2.24, 2.45) is 5.92 Å². The molecule has 6 heteroatoms. The lowest BCUT2D eigenvalue weighted by molar-refractivity contribution is -0.116. The first-order chi connectivity index (χ1) is 9.90. The fraction of sp³-hybridized carbons (Fsp3) is 0.467. The molecule has 0 radical (unpaired) electrons. The van der Waals surface area contributed by atoms with Crippen LogP contribution < -0.4 is 16.0 Å². The number of nitrogens with one attached hydrogen (secondary N) is 3. The van der Waals surface area contributed by atoms with Crippen LogP contribution in [0, 0.1) is 12.8 Å². The van der Waals surface area contributed by atoms with Crippen molar-refractivity contribution in [3.05, 3.63) is 28.8 Å². The van der Waals surface area contributed by atoms with Crippen LogP contribution >= 0.6 is 11.6 Å². The first-order valence-corrected chi connectivity index (χ1v) is 7.34. The Bertz CT molecular complexity index is 504. The van der Waals surface area contributed by atoms with E-state index in [1.54, 1.807) is 18.2 Å². The Morgan fingerprint density at radius 1 is 1.24 bits per heavy atom. The molecule has 0 spiro atoms. The lowest BCUT2D eigenvalue weighted by Gasteiger charge is -2.11. The molecule has 0 aliphatic heterocycles. The molecule has 3 N–H and O–H groups in total. The highest BCUT2D eigenvalue weighted by Gasteiger charge is 2.07. The Morgan fingerprint density at radius 2 is 1.95 bits per heavy atom. The smallest absolute Gasteiger partial charge is 0.314 e. The van der Waals surface area contributed by atoms with E-state index in [0.717, 1.165) is 5.56 Å². The molecule has 1 aromatic carbocycles. The molecule has 0 bridgehead atoms. The van der Waals surface area contributed by atoms with Crippen LogP contribution in [0.4, 0.5) is 10.5 Å². The summed E-state index contributed by atoms with van der Waals surface area (Å²) >= 11 is 5.99. The van der Waals surface area contributed by atoms with E-state index in [1.165, 1.54) is 0 Å². The zero-order valence-corrected chi connectivity index (χ0v) is 13.4. The van der Waals surface area contributed by atoms with Crippen LogP contribution in [-0.2, 0) is 4.79 Å². The number of hydrogen-bond acceptors (Lipinski definition) is 2. The summed E-state index contributed by atoms with van der Waals surface area (Å²) in [4.78, 5) is 23.2. The Hall–Kier alpha value is -1.75. The highest BCUT2D eigenvalue weighted by Crippen LogP contribution is 2.22. The number of benzene rings is 1. The van der Waals surface area contributed by atoms with Gasteiger partial charge in [0.2, 0.25) is 5.91 Å². The molecule has 0 atom stereocenters. The summed E-state index contributed by atoms with van der Waals surface area (Å²) in [5.74, 6) is 0.231. The minimum atomic E-state index is -0.254. The number of carbonyl (C=O) groups is 2. The predicted molar refractivity (Wildman–Crippen MR) is 85.7 cm³/mol. The third-order valence-corrected chi connectivity index (χ3v) is 3.26. The second-order valence-electron chi connectivity index (χ2n) is 5.24. The second-order valence-corrected chi connectivity index (χ2v) is 5.65. The van der Waals surface area contributed by atoms with Crippen LogP contribution in [0.25, 0.3) is 0 Å². The largest absolute Gasteiger partial charge is 0.338 e. The van der Waals surface area contributed by atoms with Gasteiger partial charge < -0.3 is 16.0 Å². The van der Waals surface area contributed by atoms with Gasteiger partial charge in [0.15, 0.2) is 0 Å². The predicted octanol–water partition coefficient (Wildman–Crippen LogP) is 2.93. The molecule has 0 fully saturated rings. The fourth-order valence-corrected chi connectivity index (χ4v) is 1.78. The van der Waals surface area contributed by atoms with Gasteiger partial charge in [-0.3, -0.25) is 4.79 Å². The number of anilines is 1. The molecule has 21 heavy (non-hydrogen) atoms. The van der Waals surface area contributed by atoms with Crippen molar-refractivity contribution in [1.29, 1.82) is 0 Å². The van der Waals surface area contributed by atoms with Crippen molar-refractivity contribution >= 4 is 29.2 Å². The molecule has 0 unspecified atom stereocenters. The lowest BCUT2D eigenvalue weighted by Crippen LogP contribution is -2.38. The number of halogens is 1. The lowest BCUT2D eigenvalue weighted by atomic mass is 10.2. The molecule has 0 saturated carbocycles. The van der Waals surface area contributed by atoms with Crippen molar-refractivity contribution in [1.82, 2.24) is 10.6 Å². The molecule has 116 valence electrons. The summed E-state index contributed by atoms with van der Waals surface area (Å²) in [5, 5.41) is 8.76. The Morgan fingerprint density at radius 3 is 2.62 bits per heavy atom. The molecular weight excluding hydrogens is 290 g/mol. The molecule has 1 rings (SSSR count). The van der Waals surface area contributed by atoms with Gasteiger partial charge in [-0.2, -0.15) is 0 Å². The first kappa shape index (κ1) is 17.3. The van der Waals surface area contributed by atoms with Crippen LogP contribution in [0.3, 0.4) is 0 Å². The van der Waals surface area contributed by atoms with Crippen molar-refractivity contribution in [2.45, 2.75) is 27.2 Å². The first-order valence-electron chi connectivity index (χ1n) is 6.96. The van der Waals surface area contributed by atoms with E-state index in [-0.39, 0.29) is 24.9 Å². The second kappa shape index (κ2) is 8.52. The average Bonchev–Trinajstić information content (AvgIpc) is 2.41. The van der Waals surface area contributed by atoms with Gasteiger partial charge >= 0.3 is 6.03 Å². The van der Waals surface area contributed by atoms with Crippen molar-refractivity contribution < 1.29 is 9.59 Å². The van der Waals surface area contributed by atoms with E-state index < -0.39 is 0 Å². The molecule has 0 aliphatic carbocycles. The van der Waals surface area contributed by atoms with E-state index in [1.807, 2.05) is 20.8 Å². The number of rotatable bonds is 6. The van der Waals surface area contributed by atoms with Gasteiger partial charge in [0.1, 0.15) is 0 Å². The highest BCUT2D eigenvalue weighted by atomic mass is 35.5. The van der Waals surface area contributed by atoms with Crippen LogP contribution in [0.1, 0.15) is 25.8 Å². The summed E-state index contributed by atoms with van der Waals surface area (Å²) in [6.45, 7) is 6.77. The van der Waals surface area contributed by atoms with Gasteiger partial charge in [-0.1, -0.05) is 31.5 Å². The fourth-order valence-electron chi connectivity index (χ4n) is 1.60. The minimum Gasteiger partial charge on any atom is -0.338 e. The van der Waals surface area contributed by atoms with Crippen molar-refractivity contribution in [3.8, 4) is 0 Å². The zero-order valence-electron chi connectivity index (χ0n) is 12.6. The molecular formula is C15H22ClN3O2. The quantitative estimate of drug-likeness (QED) is 0.756. The van der Waals surface area contributed by atoms with E-state index in [9.17, 15) is 9.59 Å². The van der Waals surface area contributed by atoms with Gasteiger partial charge in [-0.25, -0.2) is 4.79 Å². The maximum atomic E-state index is 11.8. The molecule has 0 heterocycles. The summed E-state index contributed by atoms with van der Waals surface area (Å²) in [6, 6.07) is 5.09. The number of carbonyl (C=O) groups excluding carboxylic acids is 2. The Balaban J connectivity index is 2.31. The van der Waals surface area contributed by atoms with E-state index in [2.05, 4.69) is 16.0 Å². The third kappa shape index (κ3) is 6.49. The summed E-state index contributed by atoms with van der Waals surface area (Å²) in [7, 11) is 0. The maximum Gasteiger partial charge on any atom is 0.314 e. The van der Waals surface area contributed by atoms with Crippen LogP contribution in [-0.4, -0.2) is 25.0 Å². The number of amides is 3. The Labute approximate surface area is 130 Å². The van der Waals surface area contributed by atoms with Crippen LogP contribution in [0.5, 0.6) is 0 Å². The third-order valence-electron chi connectivity index (χ3n) is 2.85. The van der Waals surface area contributed by atoms with E-state index >= 15 is 0 Å². The SMILES string of the molecule is Cc1c(Cl)cccc1NC(=O)CCNC(=O)NCC(C)C. The van der Waals surface area contributed by atoms with Crippen LogP contribution in [0.2, 0.25) is 5.02 Å². The zero-order chi connectivity index (χ0) is 15.8. The van der Waals surface area contributed by atoms with Gasteiger partial charge in [0.05, 0.1) is 0 Å². The standard InChI is InChI=1S/C15H22ClN3O2/c1-10(2)9-18-15(21)17-8-7-14(20)19-13-6-4-5-12(16)11(13)3/h4-6,10H,7-9H2,1-3H3,(H,19,20)(H2,17,18,21). The molecule has 5 nitrogen and oxygen atoms in total.